The number of benzene rings is 2. The maximum absolute atomic E-state index is 12.2. The predicted octanol–water partition coefficient (Wildman–Crippen LogP) is 4.68. The van der Waals surface area contributed by atoms with Crippen molar-refractivity contribution in [1.29, 1.82) is 0 Å². The summed E-state index contributed by atoms with van der Waals surface area (Å²) in [5.41, 5.74) is 1.37. The number of rotatable bonds is 9. The molecule has 29 heavy (non-hydrogen) atoms. The van der Waals surface area contributed by atoms with Crippen molar-refractivity contribution in [3.8, 4) is 11.5 Å². The Morgan fingerprint density at radius 1 is 1.10 bits per heavy atom. The molecule has 3 rings (SSSR count). The van der Waals surface area contributed by atoms with Crippen LogP contribution in [0.1, 0.15) is 48.8 Å². The van der Waals surface area contributed by atoms with Crippen LogP contribution in [0.5, 0.6) is 11.5 Å². The molecule has 1 amide bonds. The summed E-state index contributed by atoms with van der Waals surface area (Å²) in [7, 11) is 1.53. The Hall–Kier alpha value is -3.28. The Kier molecular flexibility index (Phi) is 6.54. The first-order valence-corrected chi connectivity index (χ1v) is 9.57. The second-order valence-corrected chi connectivity index (χ2v) is 6.85. The number of Topliss-reactive ketones (excluding diaryl/α,β-unsaturated/α-hetero) is 1. The molecule has 152 valence electrons. The molecule has 1 heterocycles. The van der Waals surface area contributed by atoms with Crippen LogP contribution in [0, 0.1) is 0 Å². The smallest absolute Gasteiger partial charge is 0.220 e. The van der Waals surface area contributed by atoms with Crippen molar-refractivity contribution in [2.45, 2.75) is 32.7 Å². The van der Waals surface area contributed by atoms with E-state index in [9.17, 15) is 9.59 Å². The van der Waals surface area contributed by atoms with Crippen molar-refractivity contribution < 1.29 is 23.5 Å². The Bertz CT molecular complexity index is 974. The van der Waals surface area contributed by atoms with Gasteiger partial charge in [-0.2, -0.15) is 0 Å². The minimum Gasteiger partial charge on any atom is -0.493 e. The molecule has 0 radical (unpaired) electrons. The highest BCUT2D eigenvalue weighted by atomic mass is 16.5. The molecule has 1 atom stereocenters. The summed E-state index contributed by atoms with van der Waals surface area (Å²) in [4.78, 5) is 23.7. The molecule has 6 heteroatoms. The fraction of sp³-hybridized carbons (Fsp3) is 0.304. The van der Waals surface area contributed by atoms with Gasteiger partial charge in [-0.3, -0.25) is 9.59 Å². The molecular weight excluding hydrogens is 370 g/mol. The molecule has 1 N–H and O–H groups in total. The van der Waals surface area contributed by atoms with Gasteiger partial charge in [0, 0.05) is 17.4 Å². The average Bonchev–Trinajstić information content (AvgIpc) is 3.15. The van der Waals surface area contributed by atoms with Gasteiger partial charge in [-0.15, -0.1) is 0 Å². The van der Waals surface area contributed by atoms with E-state index in [0.29, 0.717) is 36.5 Å². The molecule has 6 nitrogen and oxygen atoms in total. The van der Waals surface area contributed by atoms with Gasteiger partial charge in [-0.05, 0) is 50.6 Å². The number of carbonyl (C=O) groups is 2. The second kappa shape index (κ2) is 9.28. The van der Waals surface area contributed by atoms with Gasteiger partial charge in [0.05, 0.1) is 19.8 Å². The average molecular weight is 395 g/mol. The van der Waals surface area contributed by atoms with Crippen molar-refractivity contribution in [2.24, 2.45) is 0 Å². The molecule has 0 fully saturated rings. The van der Waals surface area contributed by atoms with Gasteiger partial charge in [0.15, 0.2) is 17.3 Å². The number of fused-ring (bicyclic) bond motifs is 1. The number of methoxy groups -OCH3 is 1. The number of ketones is 1. The van der Waals surface area contributed by atoms with E-state index in [4.69, 9.17) is 13.9 Å². The summed E-state index contributed by atoms with van der Waals surface area (Å²) < 4.78 is 16.8. The van der Waals surface area contributed by atoms with E-state index in [1.54, 1.807) is 18.2 Å². The Morgan fingerprint density at radius 2 is 1.90 bits per heavy atom. The number of ether oxygens (including phenoxy) is 2. The van der Waals surface area contributed by atoms with Crippen LogP contribution in [0.15, 0.2) is 52.9 Å². The van der Waals surface area contributed by atoms with E-state index in [0.717, 1.165) is 16.7 Å². The molecule has 1 unspecified atom stereocenters. The summed E-state index contributed by atoms with van der Waals surface area (Å²) >= 11 is 0. The van der Waals surface area contributed by atoms with Gasteiger partial charge in [-0.25, -0.2) is 0 Å². The van der Waals surface area contributed by atoms with Crippen LogP contribution in [0.3, 0.4) is 0 Å². The van der Waals surface area contributed by atoms with Crippen LogP contribution in [0.25, 0.3) is 11.0 Å². The lowest BCUT2D eigenvalue weighted by atomic mass is 10.1. The molecule has 3 aromatic rings. The second-order valence-electron chi connectivity index (χ2n) is 6.85. The van der Waals surface area contributed by atoms with Gasteiger partial charge in [0.1, 0.15) is 11.3 Å². The van der Waals surface area contributed by atoms with Crippen molar-refractivity contribution >= 4 is 22.7 Å². The zero-order valence-electron chi connectivity index (χ0n) is 16.9. The summed E-state index contributed by atoms with van der Waals surface area (Å²) in [6.07, 6.45) is 0.884. The zero-order chi connectivity index (χ0) is 20.8. The molecule has 0 aliphatic carbocycles. The van der Waals surface area contributed by atoms with E-state index in [1.807, 2.05) is 37.3 Å². The lowest BCUT2D eigenvalue weighted by Crippen LogP contribution is -2.26. The van der Waals surface area contributed by atoms with E-state index < -0.39 is 0 Å². The van der Waals surface area contributed by atoms with Gasteiger partial charge in [0.25, 0.3) is 0 Å². The van der Waals surface area contributed by atoms with Crippen LogP contribution in [0.4, 0.5) is 0 Å². The molecule has 1 aromatic heterocycles. The molecule has 0 saturated carbocycles. The van der Waals surface area contributed by atoms with E-state index in [1.165, 1.54) is 14.0 Å². The lowest BCUT2D eigenvalue weighted by Gasteiger charge is -2.13. The van der Waals surface area contributed by atoms with Gasteiger partial charge >= 0.3 is 0 Å². The first kappa shape index (κ1) is 20.5. The van der Waals surface area contributed by atoms with Crippen molar-refractivity contribution in [1.82, 2.24) is 5.32 Å². The lowest BCUT2D eigenvalue weighted by molar-refractivity contribution is -0.122. The van der Waals surface area contributed by atoms with Crippen molar-refractivity contribution in [3.05, 3.63) is 59.9 Å². The first-order valence-electron chi connectivity index (χ1n) is 9.57. The maximum Gasteiger partial charge on any atom is 0.220 e. The third-order valence-corrected chi connectivity index (χ3v) is 4.62. The third-order valence-electron chi connectivity index (χ3n) is 4.62. The summed E-state index contributed by atoms with van der Waals surface area (Å²) in [6, 6.07) is 14.5. The van der Waals surface area contributed by atoms with Crippen LogP contribution in [-0.4, -0.2) is 25.4 Å². The minimum atomic E-state index is -0.213. The molecular formula is C23H25NO5. The topological polar surface area (TPSA) is 77.8 Å². The molecule has 2 aromatic carbocycles. The summed E-state index contributed by atoms with van der Waals surface area (Å²) in [5.74, 6) is 1.67. The number of para-hydroxylation sites is 1. The molecule has 0 aliphatic heterocycles. The van der Waals surface area contributed by atoms with Crippen LogP contribution in [-0.2, 0) is 4.79 Å². The molecule has 0 spiro atoms. The summed E-state index contributed by atoms with van der Waals surface area (Å²) in [6.45, 7) is 3.76. The van der Waals surface area contributed by atoms with Gasteiger partial charge in [0.2, 0.25) is 5.91 Å². The standard InChI is InChI=1S/C23H25NO5/c1-15(21-14-18-7-4-5-8-19(18)29-21)24-23(26)9-6-12-28-20-11-10-17(16(2)25)13-22(20)27-3/h4-5,7-8,10-11,13-15H,6,9,12H2,1-3H3,(H,24,26). The monoisotopic (exact) mass is 395 g/mol. The molecule has 0 bridgehead atoms. The van der Waals surface area contributed by atoms with E-state index in [2.05, 4.69) is 5.32 Å². The van der Waals surface area contributed by atoms with Crippen LogP contribution >= 0.6 is 0 Å². The van der Waals surface area contributed by atoms with Crippen LogP contribution < -0.4 is 14.8 Å². The molecule has 0 aliphatic rings. The number of furan rings is 1. The van der Waals surface area contributed by atoms with Gasteiger partial charge < -0.3 is 19.2 Å². The number of nitrogens with one attached hydrogen (secondary N) is 1. The van der Waals surface area contributed by atoms with Crippen LogP contribution in [0.2, 0.25) is 0 Å². The highest BCUT2D eigenvalue weighted by molar-refractivity contribution is 5.94. The SMILES string of the molecule is COc1cc(C(C)=O)ccc1OCCCC(=O)NC(C)c1cc2ccccc2o1. The quantitative estimate of drug-likeness (QED) is 0.420. The van der Waals surface area contributed by atoms with E-state index in [-0.39, 0.29) is 17.7 Å². The molecule has 0 saturated heterocycles. The fourth-order valence-corrected chi connectivity index (χ4v) is 3.02. The Morgan fingerprint density at radius 3 is 2.62 bits per heavy atom. The number of hydrogen-bond acceptors (Lipinski definition) is 5. The maximum atomic E-state index is 12.2. The Balaban J connectivity index is 1.47. The van der Waals surface area contributed by atoms with Crippen molar-refractivity contribution in [2.75, 3.05) is 13.7 Å². The number of hydrogen-bond donors (Lipinski definition) is 1. The summed E-state index contributed by atoms with van der Waals surface area (Å²) in [5, 5.41) is 3.96. The number of carbonyl (C=O) groups excluding carboxylic acids is 2. The van der Waals surface area contributed by atoms with Gasteiger partial charge in [-0.1, -0.05) is 18.2 Å². The fourth-order valence-electron chi connectivity index (χ4n) is 3.02. The predicted molar refractivity (Wildman–Crippen MR) is 110 cm³/mol. The number of amides is 1. The minimum absolute atomic E-state index is 0.0369. The highest BCUT2D eigenvalue weighted by Crippen LogP contribution is 2.28. The van der Waals surface area contributed by atoms with E-state index >= 15 is 0 Å². The zero-order valence-corrected chi connectivity index (χ0v) is 16.9. The first-order chi connectivity index (χ1) is 14.0. The Labute approximate surface area is 169 Å². The highest BCUT2D eigenvalue weighted by Gasteiger charge is 2.14. The normalized spacial score (nSPS) is 11.8. The third kappa shape index (κ3) is 5.16. The van der Waals surface area contributed by atoms with Crippen molar-refractivity contribution in [3.63, 3.8) is 0 Å². The largest absolute Gasteiger partial charge is 0.493 e.